The summed E-state index contributed by atoms with van der Waals surface area (Å²) in [6.45, 7) is 4.24. The molecule has 0 amide bonds. The first-order valence-corrected chi connectivity index (χ1v) is 6.30. The van der Waals surface area contributed by atoms with Gasteiger partial charge in [-0.1, -0.05) is 0 Å². The van der Waals surface area contributed by atoms with Crippen LogP contribution in [-0.4, -0.2) is 16.9 Å². The normalized spacial score (nSPS) is 10.9. The molecule has 0 atom stereocenters. The first-order chi connectivity index (χ1) is 8.11. The Morgan fingerprint density at radius 1 is 1.24 bits per heavy atom. The fraction of sp³-hybridized carbons (Fsp3) is 0.308. The molecule has 0 spiro atoms. The zero-order valence-corrected chi connectivity index (χ0v) is 11.7. The van der Waals surface area contributed by atoms with Gasteiger partial charge in [-0.25, -0.2) is 0 Å². The summed E-state index contributed by atoms with van der Waals surface area (Å²) in [6, 6.07) is 10.4. The van der Waals surface area contributed by atoms with Crippen LogP contribution in [0.15, 0.2) is 34.9 Å². The van der Waals surface area contributed by atoms with Crippen molar-refractivity contribution in [1.82, 2.24) is 9.78 Å². The van der Waals surface area contributed by atoms with Crippen LogP contribution >= 0.6 is 15.9 Å². The van der Waals surface area contributed by atoms with E-state index in [1.807, 2.05) is 35.0 Å². The second-order valence-electron chi connectivity index (χ2n) is 4.12. The summed E-state index contributed by atoms with van der Waals surface area (Å²) < 4.78 is 8.02. The van der Waals surface area contributed by atoms with Gasteiger partial charge >= 0.3 is 0 Å². The molecule has 0 saturated carbocycles. The number of hydrogen-bond acceptors (Lipinski definition) is 2. The van der Waals surface area contributed by atoms with E-state index in [0.29, 0.717) is 6.04 Å². The van der Waals surface area contributed by atoms with Gasteiger partial charge in [0.2, 0.25) is 0 Å². The maximum atomic E-state index is 5.16. The molecule has 0 bridgehead atoms. The van der Waals surface area contributed by atoms with E-state index in [9.17, 15) is 0 Å². The zero-order valence-electron chi connectivity index (χ0n) is 10.1. The summed E-state index contributed by atoms with van der Waals surface area (Å²) >= 11 is 3.42. The summed E-state index contributed by atoms with van der Waals surface area (Å²) in [4.78, 5) is 0. The number of aromatic nitrogens is 2. The van der Waals surface area contributed by atoms with Crippen LogP contribution in [-0.2, 0) is 0 Å². The van der Waals surface area contributed by atoms with Crippen molar-refractivity contribution in [2.75, 3.05) is 7.11 Å². The van der Waals surface area contributed by atoms with Gasteiger partial charge in [-0.2, -0.15) is 5.10 Å². The van der Waals surface area contributed by atoms with Crippen molar-refractivity contribution in [3.63, 3.8) is 0 Å². The van der Waals surface area contributed by atoms with Crippen LogP contribution in [0.4, 0.5) is 0 Å². The van der Waals surface area contributed by atoms with Gasteiger partial charge in [-0.3, -0.25) is 4.68 Å². The molecular formula is C13H15BrN2O. The van der Waals surface area contributed by atoms with Crippen LogP contribution < -0.4 is 4.74 Å². The Hall–Kier alpha value is -1.29. The van der Waals surface area contributed by atoms with Gasteiger partial charge in [0.1, 0.15) is 10.4 Å². The molecule has 0 saturated heterocycles. The summed E-state index contributed by atoms with van der Waals surface area (Å²) in [6.07, 6.45) is 0. The Labute approximate surface area is 110 Å². The van der Waals surface area contributed by atoms with Gasteiger partial charge in [0.15, 0.2) is 0 Å². The fourth-order valence-corrected chi connectivity index (χ4v) is 2.12. The molecule has 0 aliphatic rings. The molecule has 0 N–H and O–H groups in total. The van der Waals surface area contributed by atoms with Crippen molar-refractivity contribution in [2.24, 2.45) is 0 Å². The minimum absolute atomic E-state index is 0.332. The largest absolute Gasteiger partial charge is 0.497 e. The maximum absolute atomic E-state index is 5.16. The molecule has 1 aromatic heterocycles. The van der Waals surface area contributed by atoms with Crippen LogP contribution in [0, 0.1) is 0 Å². The molecule has 2 aromatic rings. The van der Waals surface area contributed by atoms with Crippen molar-refractivity contribution in [3.8, 4) is 17.0 Å². The highest BCUT2D eigenvalue weighted by atomic mass is 79.9. The van der Waals surface area contributed by atoms with Crippen molar-refractivity contribution >= 4 is 15.9 Å². The molecule has 0 aliphatic heterocycles. The van der Waals surface area contributed by atoms with E-state index in [4.69, 9.17) is 4.74 Å². The van der Waals surface area contributed by atoms with Crippen LogP contribution in [0.25, 0.3) is 11.3 Å². The standard InChI is InChI=1S/C13H15BrN2O/c1-9(2)16-12(8-13(14)15-16)10-4-6-11(17-3)7-5-10/h4-9H,1-3H3. The second-order valence-corrected chi connectivity index (χ2v) is 4.93. The quantitative estimate of drug-likeness (QED) is 0.858. The fourth-order valence-electron chi connectivity index (χ4n) is 1.74. The number of hydrogen-bond donors (Lipinski definition) is 0. The predicted molar refractivity (Wildman–Crippen MR) is 72.3 cm³/mol. The van der Waals surface area contributed by atoms with Gasteiger partial charge < -0.3 is 4.74 Å². The Morgan fingerprint density at radius 2 is 1.88 bits per heavy atom. The van der Waals surface area contributed by atoms with Gasteiger partial charge in [0.25, 0.3) is 0 Å². The number of methoxy groups -OCH3 is 1. The summed E-state index contributed by atoms with van der Waals surface area (Å²) in [5, 5.41) is 4.43. The molecule has 17 heavy (non-hydrogen) atoms. The number of halogens is 1. The Kier molecular flexibility index (Phi) is 3.52. The van der Waals surface area contributed by atoms with E-state index in [2.05, 4.69) is 34.9 Å². The highest BCUT2D eigenvalue weighted by Crippen LogP contribution is 2.27. The van der Waals surface area contributed by atoms with E-state index >= 15 is 0 Å². The third-order valence-corrected chi connectivity index (χ3v) is 2.97. The molecular weight excluding hydrogens is 280 g/mol. The van der Waals surface area contributed by atoms with Gasteiger partial charge in [-0.05, 0) is 60.1 Å². The van der Waals surface area contributed by atoms with Crippen LogP contribution in [0.1, 0.15) is 19.9 Å². The highest BCUT2D eigenvalue weighted by Gasteiger charge is 2.10. The monoisotopic (exact) mass is 294 g/mol. The third kappa shape index (κ3) is 2.52. The van der Waals surface area contributed by atoms with Crippen LogP contribution in [0.2, 0.25) is 0 Å². The lowest BCUT2D eigenvalue weighted by molar-refractivity contribution is 0.415. The Bertz CT molecular complexity index is 503. The third-order valence-electron chi connectivity index (χ3n) is 2.58. The summed E-state index contributed by atoms with van der Waals surface area (Å²) in [7, 11) is 1.67. The molecule has 3 nitrogen and oxygen atoms in total. The average Bonchev–Trinajstić information content (AvgIpc) is 2.72. The van der Waals surface area contributed by atoms with Crippen molar-refractivity contribution in [3.05, 3.63) is 34.9 Å². The number of ether oxygens (including phenoxy) is 1. The molecule has 0 radical (unpaired) electrons. The summed E-state index contributed by atoms with van der Waals surface area (Å²) in [5.41, 5.74) is 2.24. The van der Waals surface area contributed by atoms with Crippen LogP contribution in [0.5, 0.6) is 5.75 Å². The minimum Gasteiger partial charge on any atom is -0.497 e. The SMILES string of the molecule is COc1ccc(-c2cc(Br)nn2C(C)C)cc1. The van der Waals surface area contributed by atoms with E-state index in [0.717, 1.165) is 21.6 Å². The predicted octanol–water partition coefficient (Wildman–Crippen LogP) is 3.90. The number of benzene rings is 1. The molecule has 1 aromatic carbocycles. The van der Waals surface area contributed by atoms with E-state index in [1.165, 1.54) is 0 Å². The maximum Gasteiger partial charge on any atom is 0.128 e. The lowest BCUT2D eigenvalue weighted by Gasteiger charge is -2.11. The smallest absolute Gasteiger partial charge is 0.128 e. The molecule has 2 rings (SSSR count). The van der Waals surface area contributed by atoms with E-state index in [-0.39, 0.29) is 0 Å². The van der Waals surface area contributed by atoms with Crippen molar-refractivity contribution in [2.45, 2.75) is 19.9 Å². The molecule has 90 valence electrons. The number of rotatable bonds is 3. The van der Waals surface area contributed by atoms with Gasteiger partial charge in [0.05, 0.1) is 12.8 Å². The first kappa shape index (κ1) is 12.2. The zero-order chi connectivity index (χ0) is 12.4. The Balaban J connectivity index is 2.44. The molecule has 4 heteroatoms. The van der Waals surface area contributed by atoms with Crippen LogP contribution in [0.3, 0.4) is 0 Å². The first-order valence-electron chi connectivity index (χ1n) is 5.51. The molecule has 0 fully saturated rings. The van der Waals surface area contributed by atoms with Gasteiger partial charge in [0, 0.05) is 11.6 Å². The summed E-state index contributed by atoms with van der Waals surface area (Å²) in [5.74, 6) is 0.864. The topological polar surface area (TPSA) is 27.1 Å². The lowest BCUT2D eigenvalue weighted by atomic mass is 10.1. The average molecular weight is 295 g/mol. The lowest BCUT2D eigenvalue weighted by Crippen LogP contribution is -2.04. The highest BCUT2D eigenvalue weighted by molar-refractivity contribution is 9.10. The Morgan fingerprint density at radius 3 is 2.41 bits per heavy atom. The van der Waals surface area contributed by atoms with E-state index in [1.54, 1.807) is 7.11 Å². The molecule has 1 heterocycles. The van der Waals surface area contributed by atoms with Gasteiger partial charge in [-0.15, -0.1) is 0 Å². The molecule has 0 unspecified atom stereocenters. The van der Waals surface area contributed by atoms with Crippen molar-refractivity contribution < 1.29 is 4.74 Å². The van der Waals surface area contributed by atoms with E-state index < -0.39 is 0 Å². The molecule has 0 aliphatic carbocycles. The second kappa shape index (κ2) is 4.92. The number of nitrogens with zero attached hydrogens (tertiary/aromatic N) is 2. The van der Waals surface area contributed by atoms with Crippen molar-refractivity contribution in [1.29, 1.82) is 0 Å². The minimum atomic E-state index is 0.332.